The number of hydrogen-bond acceptors (Lipinski definition) is 4. The minimum absolute atomic E-state index is 0.177. The normalized spacial score (nSPS) is 11.6. The Kier molecular flexibility index (Phi) is 4.54. The number of nitrogens with one attached hydrogen (secondary N) is 1. The number of nitrogens with zero attached hydrogens (tertiary/aromatic N) is 1. The number of hydrazone groups is 1. The number of hydrogen-bond donors (Lipinski definition) is 3. The Morgan fingerprint density at radius 1 is 1.13 bits per heavy atom. The van der Waals surface area contributed by atoms with Crippen molar-refractivity contribution in [3.63, 3.8) is 0 Å². The van der Waals surface area contributed by atoms with E-state index in [0.29, 0.717) is 0 Å². The van der Waals surface area contributed by atoms with Crippen LogP contribution in [0.4, 0.5) is 13.2 Å². The van der Waals surface area contributed by atoms with Gasteiger partial charge in [-0.3, -0.25) is 4.79 Å². The van der Waals surface area contributed by atoms with E-state index in [1.54, 1.807) is 0 Å². The number of amides is 1. The highest BCUT2D eigenvalue weighted by atomic mass is 19.4. The minimum atomic E-state index is -4.54. The molecule has 2 rings (SSSR count). The van der Waals surface area contributed by atoms with E-state index in [1.807, 2.05) is 5.43 Å². The summed E-state index contributed by atoms with van der Waals surface area (Å²) in [5.74, 6) is -1.54. The molecule has 0 saturated heterocycles. The third kappa shape index (κ3) is 4.00. The molecule has 120 valence electrons. The predicted molar refractivity (Wildman–Crippen MR) is 76.3 cm³/mol. The van der Waals surface area contributed by atoms with Gasteiger partial charge in [-0.1, -0.05) is 18.2 Å². The highest BCUT2D eigenvalue weighted by molar-refractivity contribution is 5.97. The summed E-state index contributed by atoms with van der Waals surface area (Å²) in [6, 6.07) is 8.04. The Balaban J connectivity index is 2.15. The molecule has 0 saturated carbocycles. The lowest BCUT2D eigenvalue weighted by Crippen LogP contribution is -2.18. The van der Waals surface area contributed by atoms with Crippen molar-refractivity contribution in [2.24, 2.45) is 5.10 Å². The minimum Gasteiger partial charge on any atom is -0.508 e. The molecule has 2 aromatic rings. The molecule has 8 heteroatoms. The summed E-state index contributed by atoms with van der Waals surface area (Å²) in [6.07, 6.45) is -3.68. The Bertz CT molecular complexity index is 758. The van der Waals surface area contributed by atoms with Crippen LogP contribution >= 0.6 is 0 Å². The molecule has 0 bridgehead atoms. The van der Waals surface area contributed by atoms with E-state index < -0.39 is 23.4 Å². The maximum atomic E-state index is 12.8. The number of aromatic hydroxyl groups is 2. The van der Waals surface area contributed by atoms with E-state index in [0.717, 1.165) is 24.4 Å². The highest BCUT2D eigenvalue weighted by Gasteiger charge is 2.32. The molecule has 0 aromatic heterocycles. The summed E-state index contributed by atoms with van der Waals surface area (Å²) in [6.45, 7) is 0. The van der Waals surface area contributed by atoms with Gasteiger partial charge in [0.05, 0.1) is 17.3 Å². The third-order valence-electron chi connectivity index (χ3n) is 2.86. The number of halogens is 3. The van der Waals surface area contributed by atoms with Crippen molar-refractivity contribution in [1.82, 2.24) is 5.43 Å². The molecule has 2 aromatic carbocycles. The summed E-state index contributed by atoms with van der Waals surface area (Å²) in [5, 5.41) is 22.1. The molecule has 23 heavy (non-hydrogen) atoms. The number of carbonyl (C=O) groups is 1. The second-order valence-corrected chi connectivity index (χ2v) is 4.49. The van der Waals surface area contributed by atoms with Gasteiger partial charge in [0.25, 0.3) is 5.91 Å². The average Bonchev–Trinajstić information content (AvgIpc) is 2.46. The van der Waals surface area contributed by atoms with E-state index in [1.165, 1.54) is 24.3 Å². The van der Waals surface area contributed by atoms with Crippen LogP contribution in [0.15, 0.2) is 47.6 Å². The van der Waals surface area contributed by atoms with Crippen molar-refractivity contribution in [3.05, 3.63) is 59.2 Å². The summed E-state index contributed by atoms with van der Waals surface area (Å²) in [7, 11) is 0. The van der Waals surface area contributed by atoms with Gasteiger partial charge in [0, 0.05) is 11.6 Å². The molecule has 0 fully saturated rings. The van der Waals surface area contributed by atoms with E-state index >= 15 is 0 Å². The van der Waals surface area contributed by atoms with Crippen LogP contribution in [0.25, 0.3) is 0 Å². The van der Waals surface area contributed by atoms with Gasteiger partial charge in [0.2, 0.25) is 0 Å². The standard InChI is InChI=1S/C15H11F3N2O3/c16-15(17,18)12-4-2-1-3-9(12)8-19-20-14(23)11-6-5-10(21)7-13(11)22/h1-8,21-22H,(H,20,23). The number of phenols is 2. The van der Waals surface area contributed by atoms with Gasteiger partial charge in [0.15, 0.2) is 0 Å². The lowest BCUT2D eigenvalue weighted by molar-refractivity contribution is -0.137. The van der Waals surface area contributed by atoms with E-state index in [4.69, 9.17) is 5.11 Å². The molecule has 0 unspecified atom stereocenters. The number of alkyl halides is 3. The molecule has 0 atom stereocenters. The zero-order chi connectivity index (χ0) is 17.0. The fourth-order valence-corrected chi connectivity index (χ4v) is 1.80. The Morgan fingerprint density at radius 2 is 1.83 bits per heavy atom. The molecule has 5 nitrogen and oxygen atoms in total. The van der Waals surface area contributed by atoms with E-state index in [-0.39, 0.29) is 16.9 Å². The molecule has 1 amide bonds. The van der Waals surface area contributed by atoms with Crippen LogP contribution in [-0.2, 0) is 6.18 Å². The largest absolute Gasteiger partial charge is 0.508 e. The van der Waals surface area contributed by atoms with Crippen LogP contribution in [-0.4, -0.2) is 22.3 Å². The summed E-state index contributed by atoms with van der Waals surface area (Å²) in [4.78, 5) is 11.8. The van der Waals surface area contributed by atoms with Crippen molar-refractivity contribution in [2.45, 2.75) is 6.18 Å². The first kappa shape index (κ1) is 16.3. The molecule has 0 spiro atoms. The first-order valence-electron chi connectivity index (χ1n) is 6.30. The second kappa shape index (κ2) is 6.39. The summed E-state index contributed by atoms with van der Waals surface area (Å²) in [5.41, 5.74) is 0.735. The SMILES string of the molecule is O=C(NN=Cc1ccccc1C(F)(F)F)c1ccc(O)cc1O. The van der Waals surface area contributed by atoms with Gasteiger partial charge in [-0.05, 0) is 18.2 Å². The lowest BCUT2D eigenvalue weighted by Gasteiger charge is -2.09. The summed E-state index contributed by atoms with van der Waals surface area (Å²) < 4.78 is 38.4. The Hall–Kier alpha value is -3.03. The number of rotatable bonds is 3. The van der Waals surface area contributed by atoms with Gasteiger partial charge < -0.3 is 10.2 Å². The number of benzene rings is 2. The number of phenolic OH excluding ortho intramolecular Hbond substituents is 2. The van der Waals surface area contributed by atoms with Gasteiger partial charge in [0.1, 0.15) is 11.5 Å². The molecule has 0 radical (unpaired) electrons. The molecular formula is C15H11F3N2O3. The molecule has 3 N–H and O–H groups in total. The monoisotopic (exact) mass is 324 g/mol. The second-order valence-electron chi connectivity index (χ2n) is 4.49. The predicted octanol–water partition coefficient (Wildman–Crippen LogP) is 2.88. The molecular weight excluding hydrogens is 313 g/mol. The molecule has 0 aliphatic carbocycles. The van der Waals surface area contributed by atoms with Gasteiger partial charge in [-0.2, -0.15) is 18.3 Å². The van der Waals surface area contributed by atoms with Crippen molar-refractivity contribution >= 4 is 12.1 Å². The maximum absolute atomic E-state index is 12.8. The zero-order valence-corrected chi connectivity index (χ0v) is 11.5. The van der Waals surface area contributed by atoms with Crippen LogP contribution in [0.2, 0.25) is 0 Å². The van der Waals surface area contributed by atoms with E-state index in [2.05, 4.69) is 5.10 Å². The van der Waals surface area contributed by atoms with Gasteiger partial charge >= 0.3 is 6.18 Å². The van der Waals surface area contributed by atoms with E-state index in [9.17, 15) is 23.1 Å². The van der Waals surface area contributed by atoms with Crippen LogP contribution in [0.3, 0.4) is 0 Å². The van der Waals surface area contributed by atoms with Crippen LogP contribution in [0.5, 0.6) is 11.5 Å². The van der Waals surface area contributed by atoms with Crippen molar-refractivity contribution < 1.29 is 28.2 Å². The van der Waals surface area contributed by atoms with Crippen molar-refractivity contribution in [2.75, 3.05) is 0 Å². The fraction of sp³-hybridized carbons (Fsp3) is 0.0667. The topological polar surface area (TPSA) is 81.9 Å². The van der Waals surface area contributed by atoms with Crippen LogP contribution in [0.1, 0.15) is 21.5 Å². The third-order valence-corrected chi connectivity index (χ3v) is 2.86. The molecule has 0 aliphatic heterocycles. The van der Waals surface area contributed by atoms with Gasteiger partial charge in [-0.25, -0.2) is 5.43 Å². The lowest BCUT2D eigenvalue weighted by atomic mass is 10.1. The Morgan fingerprint density at radius 3 is 2.48 bits per heavy atom. The van der Waals surface area contributed by atoms with Crippen LogP contribution < -0.4 is 5.43 Å². The fourth-order valence-electron chi connectivity index (χ4n) is 1.80. The van der Waals surface area contributed by atoms with Crippen molar-refractivity contribution in [3.8, 4) is 11.5 Å². The first-order chi connectivity index (χ1) is 10.8. The smallest absolute Gasteiger partial charge is 0.417 e. The molecule has 0 aliphatic rings. The highest BCUT2D eigenvalue weighted by Crippen LogP contribution is 2.31. The maximum Gasteiger partial charge on any atom is 0.417 e. The van der Waals surface area contributed by atoms with Gasteiger partial charge in [-0.15, -0.1) is 0 Å². The summed E-state index contributed by atoms with van der Waals surface area (Å²) >= 11 is 0. The zero-order valence-electron chi connectivity index (χ0n) is 11.5. The quantitative estimate of drug-likeness (QED) is 0.600. The Labute approximate surface area is 128 Å². The molecule has 0 heterocycles. The first-order valence-corrected chi connectivity index (χ1v) is 6.30. The number of carbonyl (C=O) groups excluding carboxylic acids is 1. The van der Waals surface area contributed by atoms with Crippen LogP contribution in [0, 0.1) is 0 Å². The van der Waals surface area contributed by atoms with Crippen molar-refractivity contribution in [1.29, 1.82) is 0 Å². The average molecular weight is 324 g/mol.